The molecule has 0 bridgehead atoms. The van der Waals surface area contributed by atoms with E-state index in [1.807, 2.05) is 0 Å². The second-order valence-corrected chi connectivity index (χ2v) is 5.90. The minimum absolute atomic E-state index is 0.0395. The highest BCUT2D eigenvalue weighted by Crippen LogP contribution is 2.23. The van der Waals surface area contributed by atoms with Gasteiger partial charge >= 0.3 is 5.97 Å². The third kappa shape index (κ3) is 2.96. The van der Waals surface area contributed by atoms with Gasteiger partial charge in [0.1, 0.15) is 5.69 Å². The van der Waals surface area contributed by atoms with Crippen molar-refractivity contribution < 1.29 is 19.4 Å². The second-order valence-electron chi connectivity index (χ2n) is 4.13. The quantitative estimate of drug-likeness (QED) is 0.813. The summed E-state index contributed by atoms with van der Waals surface area (Å²) in [5, 5.41) is 11.7. The summed E-state index contributed by atoms with van der Waals surface area (Å²) in [6, 6.07) is 1.67. The van der Waals surface area contributed by atoms with E-state index >= 15 is 0 Å². The van der Waals surface area contributed by atoms with Crippen LogP contribution in [0.5, 0.6) is 0 Å². The Kier molecular flexibility index (Phi) is 4.22. The number of halogens is 2. The third-order valence-corrected chi connectivity index (χ3v) is 3.84. The summed E-state index contributed by atoms with van der Waals surface area (Å²) in [5.41, 5.74) is -1.23. The van der Waals surface area contributed by atoms with Crippen molar-refractivity contribution in [1.82, 2.24) is 10.3 Å². The normalized spacial score (nSPS) is 22.2. The first-order valence-corrected chi connectivity index (χ1v) is 6.98. The number of aromatic nitrogens is 1. The van der Waals surface area contributed by atoms with Crippen LogP contribution >= 0.6 is 31.9 Å². The molecule has 1 atom stereocenters. The molecule has 2 N–H and O–H groups in total. The zero-order valence-corrected chi connectivity index (χ0v) is 12.8. The number of amides is 1. The van der Waals surface area contributed by atoms with Gasteiger partial charge in [0.05, 0.1) is 11.1 Å². The van der Waals surface area contributed by atoms with E-state index in [1.54, 1.807) is 6.07 Å². The number of hydrogen-bond donors (Lipinski definition) is 2. The Morgan fingerprint density at radius 1 is 1.47 bits per heavy atom. The summed E-state index contributed by atoms with van der Waals surface area (Å²) in [6.07, 6.45) is 1.71. The molecule has 2 rings (SSSR count). The topological polar surface area (TPSA) is 88.5 Å². The predicted octanol–water partition coefficient (Wildman–Crippen LogP) is 1.58. The molecule has 0 aliphatic carbocycles. The van der Waals surface area contributed by atoms with Crippen LogP contribution in [-0.2, 0) is 9.53 Å². The van der Waals surface area contributed by atoms with Gasteiger partial charge in [-0.25, -0.2) is 9.78 Å². The van der Waals surface area contributed by atoms with Crippen LogP contribution in [0.1, 0.15) is 16.9 Å². The van der Waals surface area contributed by atoms with Gasteiger partial charge in [-0.05, 0) is 37.9 Å². The summed E-state index contributed by atoms with van der Waals surface area (Å²) in [5.74, 6) is -1.65. The van der Waals surface area contributed by atoms with Crippen LogP contribution in [0, 0.1) is 0 Å². The van der Waals surface area contributed by atoms with Crippen LogP contribution in [0.25, 0.3) is 0 Å². The Balaban J connectivity index is 2.22. The molecule has 1 aromatic heterocycles. The molecule has 1 saturated heterocycles. The number of hydrogen-bond acceptors (Lipinski definition) is 4. The van der Waals surface area contributed by atoms with E-state index in [4.69, 9.17) is 4.74 Å². The van der Waals surface area contributed by atoms with Crippen molar-refractivity contribution in [2.24, 2.45) is 0 Å². The molecule has 1 fully saturated rings. The van der Waals surface area contributed by atoms with Crippen molar-refractivity contribution in [2.75, 3.05) is 13.2 Å². The number of aliphatic carboxylic acids is 1. The lowest BCUT2D eigenvalue weighted by Gasteiger charge is -2.23. The zero-order valence-electron chi connectivity index (χ0n) is 9.65. The molecule has 1 unspecified atom stereocenters. The molecule has 0 spiro atoms. The molecule has 1 aromatic rings. The van der Waals surface area contributed by atoms with Gasteiger partial charge in [0.25, 0.3) is 5.91 Å². The van der Waals surface area contributed by atoms with Gasteiger partial charge in [0.15, 0.2) is 5.54 Å². The standard InChI is InChI=1S/C11H10Br2N2O4/c12-6-3-7(13)8(14-4-6)9(16)15-11(10(17)18)1-2-19-5-11/h3-4H,1-2,5H2,(H,15,16)(H,17,18). The number of nitrogens with zero attached hydrogens (tertiary/aromatic N) is 1. The Hall–Kier alpha value is -0.990. The molecule has 1 aliphatic rings. The van der Waals surface area contributed by atoms with Crippen LogP contribution in [0.4, 0.5) is 0 Å². The summed E-state index contributed by atoms with van der Waals surface area (Å²) >= 11 is 6.45. The number of carbonyl (C=O) groups is 2. The Morgan fingerprint density at radius 3 is 2.74 bits per heavy atom. The Bertz CT molecular complexity index is 529. The second kappa shape index (κ2) is 5.56. The molecule has 6 nitrogen and oxygen atoms in total. The van der Waals surface area contributed by atoms with E-state index in [-0.39, 0.29) is 18.7 Å². The molecular weight excluding hydrogens is 384 g/mol. The fraction of sp³-hybridized carbons (Fsp3) is 0.364. The molecule has 1 amide bonds. The maximum Gasteiger partial charge on any atom is 0.331 e. The maximum atomic E-state index is 12.1. The van der Waals surface area contributed by atoms with E-state index in [2.05, 4.69) is 42.2 Å². The SMILES string of the molecule is O=C(NC1(C(=O)O)CCOC1)c1ncc(Br)cc1Br. The molecule has 102 valence electrons. The van der Waals surface area contributed by atoms with Gasteiger partial charge in [-0.1, -0.05) is 0 Å². The summed E-state index contributed by atoms with van der Waals surface area (Å²) in [6.45, 7) is 0.268. The first kappa shape index (κ1) is 14.4. The number of ether oxygens (including phenoxy) is 1. The number of rotatable bonds is 3. The van der Waals surface area contributed by atoms with Gasteiger partial charge < -0.3 is 15.2 Å². The van der Waals surface area contributed by atoms with Crippen molar-refractivity contribution in [3.05, 3.63) is 26.9 Å². The summed E-state index contributed by atoms with van der Waals surface area (Å²) in [7, 11) is 0. The first-order chi connectivity index (χ1) is 8.94. The van der Waals surface area contributed by atoms with Gasteiger partial charge in [0.2, 0.25) is 0 Å². The van der Waals surface area contributed by atoms with E-state index < -0.39 is 17.4 Å². The van der Waals surface area contributed by atoms with Gasteiger partial charge in [0, 0.05) is 23.7 Å². The van der Waals surface area contributed by atoms with Crippen molar-refractivity contribution in [1.29, 1.82) is 0 Å². The molecule has 1 aliphatic heterocycles. The molecule has 0 saturated carbocycles. The van der Waals surface area contributed by atoms with Crippen molar-refractivity contribution >= 4 is 43.7 Å². The fourth-order valence-corrected chi connectivity index (χ4v) is 2.91. The average molecular weight is 394 g/mol. The average Bonchev–Trinajstić information content (AvgIpc) is 2.78. The monoisotopic (exact) mass is 392 g/mol. The lowest BCUT2D eigenvalue weighted by atomic mass is 9.99. The fourth-order valence-electron chi connectivity index (χ4n) is 1.74. The van der Waals surface area contributed by atoms with Gasteiger partial charge in [-0.15, -0.1) is 0 Å². The minimum Gasteiger partial charge on any atom is -0.479 e. The lowest BCUT2D eigenvalue weighted by molar-refractivity contribution is -0.144. The highest BCUT2D eigenvalue weighted by atomic mass is 79.9. The van der Waals surface area contributed by atoms with Crippen LogP contribution < -0.4 is 5.32 Å². The molecular formula is C11H10Br2N2O4. The number of carboxylic acids is 1. The summed E-state index contributed by atoms with van der Waals surface area (Å²) < 4.78 is 6.27. The van der Waals surface area contributed by atoms with E-state index in [9.17, 15) is 14.7 Å². The molecule has 0 radical (unpaired) electrons. The van der Waals surface area contributed by atoms with Crippen LogP contribution in [-0.4, -0.2) is 40.7 Å². The highest BCUT2D eigenvalue weighted by molar-refractivity contribution is 9.11. The summed E-state index contributed by atoms with van der Waals surface area (Å²) in [4.78, 5) is 27.4. The van der Waals surface area contributed by atoms with Crippen molar-refractivity contribution in [3.63, 3.8) is 0 Å². The smallest absolute Gasteiger partial charge is 0.331 e. The predicted molar refractivity (Wildman–Crippen MR) is 72.9 cm³/mol. The number of carboxylic acid groups (broad SMARTS) is 1. The molecule has 19 heavy (non-hydrogen) atoms. The van der Waals surface area contributed by atoms with E-state index in [1.165, 1.54) is 6.20 Å². The van der Waals surface area contributed by atoms with Crippen LogP contribution in [0.15, 0.2) is 21.2 Å². The van der Waals surface area contributed by atoms with Gasteiger partial charge in [-0.3, -0.25) is 4.79 Å². The largest absolute Gasteiger partial charge is 0.479 e. The lowest BCUT2D eigenvalue weighted by Crippen LogP contribution is -2.55. The number of nitrogens with one attached hydrogen (secondary N) is 1. The highest BCUT2D eigenvalue weighted by Gasteiger charge is 2.44. The third-order valence-electron chi connectivity index (χ3n) is 2.81. The number of carbonyl (C=O) groups excluding carboxylic acids is 1. The van der Waals surface area contributed by atoms with Crippen molar-refractivity contribution in [3.8, 4) is 0 Å². The molecule has 8 heteroatoms. The van der Waals surface area contributed by atoms with Gasteiger partial charge in [-0.2, -0.15) is 0 Å². The van der Waals surface area contributed by atoms with Crippen LogP contribution in [0.2, 0.25) is 0 Å². The first-order valence-electron chi connectivity index (χ1n) is 5.39. The van der Waals surface area contributed by atoms with E-state index in [0.29, 0.717) is 15.6 Å². The molecule has 0 aromatic carbocycles. The van der Waals surface area contributed by atoms with Crippen molar-refractivity contribution in [2.45, 2.75) is 12.0 Å². The maximum absolute atomic E-state index is 12.1. The zero-order chi connectivity index (χ0) is 14.0. The van der Waals surface area contributed by atoms with Crippen LogP contribution in [0.3, 0.4) is 0 Å². The minimum atomic E-state index is -1.37. The van der Waals surface area contributed by atoms with E-state index in [0.717, 1.165) is 0 Å². The Labute approximate surface area is 125 Å². The Morgan fingerprint density at radius 2 is 2.21 bits per heavy atom. The number of pyridine rings is 1. The molecule has 2 heterocycles.